The smallest absolute Gasteiger partial charge is 0.227 e. The zero-order valence-corrected chi connectivity index (χ0v) is 21.2. The van der Waals surface area contributed by atoms with Gasteiger partial charge < -0.3 is 20.4 Å². The number of para-hydroxylation sites is 1. The highest BCUT2D eigenvalue weighted by atomic mass is 32.1. The molecule has 10 nitrogen and oxygen atoms in total. The maximum absolute atomic E-state index is 12.6. The lowest BCUT2D eigenvalue weighted by molar-refractivity contribution is -0.118. The number of aromatic amines is 1. The number of nitrogens with one attached hydrogen (secondary N) is 1. The largest absolute Gasteiger partial charge is 0.355 e. The number of nitrogens with zero attached hydrogens (tertiary/aromatic N) is 7. The van der Waals surface area contributed by atoms with Crippen LogP contribution in [0.3, 0.4) is 0 Å². The summed E-state index contributed by atoms with van der Waals surface area (Å²) in [6.45, 7) is 3.11. The first-order valence-corrected chi connectivity index (χ1v) is 13.8. The SMILES string of the molecule is N[C@@H]1c2ncsc2CC12CCN(c1cnc3c(N4CCN5C(=O)CCc6cccc4c65)n[nH]c3n1)CC2. The molecule has 0 bridgehead atoms. The van der Waals surface area contributed by atoms with Gasteiger partial charge in [-0.1, -0.05) is 12.1 Å². The number of nitrogens with two attached hydrogens (primary N) is 1. The Morgan fingerprint density at radius 3 is 2.81 bits per heavy atom. The predicted molar refractivity (Wildman–Crippen MR) is 142 cm³/mol. The molecule has 8 rings (SSSR count). The Bertz CT molecular complexity index is 1550. The molecular formula is C26H27N9OS. The molecule has 3 aliphatic heterocycles. The van der Waals surface area contributed by atoms with E-state index in [0.717, 1.165) is 73.0 Å². The molecule has 4 aliphatic rings. The minimum atomic E-state index is 0.0270. The van der Waals surface area contributed by atoms with E-state index in [4.69, 9.17) is 15.7 Å². The van der Waals surface area contributed by atoms with Crippen LogP contribution in [0.1, 0.15) is 41.4 Å². The van der Waals surface area contributed by atoms with E-state index in [2.05, 4.69) is 43.2 Å². The molecular weight excluding hydrogens is 486 g/mol. The quantitative estimate of drug-likeness (QED) is 0.420. The van der Waals surface area contributed by atoms with Crippen molar-refractivity contribution in [2.24, 2.45) is 11.1 Å². The first-order chi connectivity index (χ1) is 18.1. The molecule has 1 aliphatic carbocycles. The summed E-state index contributed by atoms with van der Waals surface area (Å²) < 4.78 is 0. The molecule has 188 valence electrons. The van der Waals surface area contributed by atoms with Crippen molar-refractivity contribution in [1.82, 2.24) is 25.1 Å². The van der Waals surface area contributed by atoms with Gasteiger partial charge in [-0.05, 0) is 42.7 Å². The Balaban J connectivity index is 1.07. The molecule has 0 saturated carbocycles. The van der Waals surface area contributed by atoms with Gasteiger partial charge >= 0.3 is 0 Å². The summed E-state index contributed by atoms with van der Waals surface area (Å²) in [6, 6.07) is 6.28. The third-order valence-corrected chi connectivity index (χ3v) is 9.68. The normalized spacial score (nSPS) is 22.1. The second kappa shape index (κ2) is 7.72. The van der Waals surface area contributed by atoms with Crippen molar-refractivity contribution >= 4 is 51.4 Å². The fourth-order valence-electron chi connectivity index (χ4n) is 6.76. The van der Waals surface area contributed by atoms with Gasteiger partial charge in [-0.25, -0.2) is 15.0 Å². The van der Waals surface area contributed by atoms with Crippen LogP contribution in [0.4, 0.5) is 23.0 Å². The molecule has 1 amide bonds. The number of H-pyrrole nitrogens is 1. The van der Waals surface area contributed by atoms with Crippen LogP contribution < -0.4 is 20.4 Å². The number of anilines is 4. The number of thiazole rings is 1. The van der Waals surface area contributed by atoms with Gasteiger partial charge in [-0.3, -0.25) is 9.89 Å². The lowest BCUT2D eigenvalue weighted by atomic mass is 9.73. The maximum Gasteiger partial charge on any atom is 0.227 e. The predicted octanol–water partition coefficient (Wildman–Crippen LogP) is 3.08. The summed E-state index contributed by atoms with van der Waals surface area (Å²) in [5, 5.41) is 7.76. The Labute approximate surface area is 217 Å². The van der Waals surface area contributed by atoms with Crippen LogP contribution in [0, 0.1) is 5.41 Å². The lowest BCUT2D eigenvalue weighted by Gasteiger charge is -2.42. The standard InChI is InChI=1S/C26H27N9OS/c27-23-20-17(37-14-29-20)12-26(23)6-8-33(9-7-26)18-13-28-21-24(30-18)31-32-25(21)34-10-11-35-19(36)5-4-15-2-1-3-16(34)22(15)35/h1-3,13-14,23H,4-12,27H2,(H,30,31,32)/t23-/m1/s1. The van der Waals surface area contributed by atoms with Gasteiger partial charge in [-0.2, -0.15) is 5.10 Å². The van der Waals surface area contributed by atoms with Gasteiger partial charge in [0.05, 0.1) is 34.8 Å². The molecule has 1 atom stereocenters. The molecule has 11 heteroatoms. The second-order valence-electron chi connectivity index (χ2n) is 10.6. The summed E-state index contributed by atoms with van der Waals surface area (Å²) in [4.78, 5) is 34.6. The van der Waals surface area contributed by atoms with E-state index in [1.165, 1.54) is 10.4 Å². The van der Waals surface area contributed by atoms with Crippen molar-refractivity contribution in [2.75, 3.05) is 40.9 Å². The Hall–Kier alpha value is -3.57. The number of carbonyl (C=O) groups is 1. The first-order valence-electron chi connectivity index (χ1n) is 12.9. The molecule has 3 N–H and O–H groups in total. The van der Waals surface area contributed by atoms with E-state index >= 15 is 0 Å². The van der Waals surface area contributed by atoms with Crippen molar-refractivity contribution in [3.05, 3.63) is 46.0 Å². The Morgan fingerprint density at radius 1 is 1.08 bits per heavy atom. The zero-order chi connectivity index (χ0) is 24.7. The summed E-state index contributed by atoms with van der Waals surface area (Å²) in [7, 11) is 0. The van der Waals surface area contributed by atoms with Gasteiger partial charge in [0, 0.05) is 37.5 Å². The van der Waals surface area contributed by atoms with Crippen molar-refractivity contribution < 1.29 is 4.79 Å². The molecule has 1 spiro atoms. The number of hydrogen-bond acceptors (Lipinski definition) is 9. The average molecular weight is 514 g/mol. The first kappa shape index (κ1) is 21.5. The number of piperidine rings is 1. The number of rotatable bonds is 2. The topological polar surface area (TPSA) is 120 Å². The molecule has 6 heterocycles. The zero-order valence-electron chi connectivity index (χ0n) is 20.4. The molecule has 37 heavy (non-hydrogen) atoms. The van der Waals surface area contributed by atoms with E-state index in [1.807, 2.05) is 16.6 Å². The Morgan fingerprint density at radius 2 is 1.95 bits per heavy atom. The van der Waals surface area contributed by atoms with Crippen LogP contribution in [0.5, 0.6) is 0 Å². The Kier molecular flexibility index (Phi) is 4.49. The van der Waals surface area contributed by atoms with Crippen LogP contribution >= 0.6 is 11.3 Å². The highest BCUT2D eigenvalue weighted by molar-refractivity contribution is 7.09. The van der Waals surface area contributed by atoms with Crippen LogP contribution in [-0.4, -0.2) is 57.2 Å². The van der Waals surface area contributed by atoms with E-state index < -0.39 is 0 Å². The van der Waals surface area contributed by atoms with Crippen molar-refractivity contribution in [1.29, 1.82) is 0 Å². The number of amides is 1. The number of aromatic nitrogens is 5. The molecule has 1 aromatic carbocycles. The molecule has 0 unspecified atom stereocenters. The van der Waals surface area contributed by atoms with Gasteiger partial charge in [-0.15, -0.1) is 11.3 Å². The van der Waals surface area contributed by atoms with Gasteiger partial charge in [0.25, 0.3) is 0 Å². The van der Waals surface area contributed by atoms with Crippen LogP contribution in [0.2, 0.25) is 0 Å². The number of aryl methyl sites for hydroxylation is 1. The monoisotopic (exact) mass is 513 g/mol. The van der Waals surface area contributed by atoms with Crippen molar-refractivity contribution in [3.8, 4) is 0 Å². The fraction of sp³-hybridized carbons (Fsp3) is 0.423. The molecule has 1 saturated heterocycles. The molecule has 4 aromatic rings. The van der Waals surface area contributed by atoms with Crippen LogP contribution in [0.25, 0.3) is 11.2 Å². The van der Waals surface area contributed by atoms with Gasteiger partial charge in [0.15, 0.2) is 17.0 Å². The molecule has 1 fully saturated rings. The van der Waals surface area contributed by atoms with E-state index in [1.54, 1.807) is 11.3 Å². The average Bonchev–Trinajstić information content (AvgIpc) is 3.62. The number of fused-ring (bicyclic) bond motifs is 2. The van der Waals surface area contributed by atoms with Crippen LogP contribution in [0.15, 0.2) is 29.9 Å². The minimum absolute atomic E-state index is 0.0270. The minimum Gasteiger partial charge on any atom is -0.355 e. The maximum atomic E-state index is 12.6. The summed E-state index contributed by atoms with van der Waals surface area (Å²) in [5.74, 6) is 1.82. The number of carbonyl (C=O) groups excluding carboxylic acids is 1. The second-order valence-corrected chi connectivity index (χ2v) is 11.6. The lowest BCUT2D eigenvalue weighted by Crippen LogP contribution is -2.45. The number of hydrogen-bond donors (Lipinski definition) is 2. The van der Waals surface area contributed by atoms with E-state index in [-0.39, 0.29) is 17.4 Å². The van der Waals surface area contributed by atoms with Crippen molar-refractivity contribution in [3.63, 3.8) is 0 Å². The van der Waals surface area contributed by atoms with E-state index in [0.29, 0.717) is 25.2 Å². The fourth-order valence-corrected chi connectivity index (χ4v) is 7.73. The van der Waals surface area contributed by atoms with Crippen LogP contribution in [-0.2, 0) is 17.6 Å². The summed E-state index contributed by atoms with van der Waals surface area (Å²) >= 11 is 1.74. The third-order valence-electron chi connectivity index (χ3n) is 8.83. The number of benzene rings is 1. The highest BCUT2D eigenvalue weighted by Crippen LogP contribution is 2.51. The summed E-state index contributed by atoms with van der Waals surface area (Å²) in [6.07, 6.45) is 6.31. The molecule has 0 radical (unpaired) electrons. The van der Waals surface area contributed by atoms with Gasteiger partial charge in [0.2, 0.25) is 5.91 Å². The van der Waals surface area contributed by atoms with Crippen molar-refractivity contribution in [2.45, 2.75) is 38.1 Å². The third kappa shape index (κ3) is 3.04. The summed E-state index contributed by atoms with van der Waals surface area (Å²) in [5.41, 5.74) is 14.5. The highest BCUT2D eigenvalue weighted by Gasteiger charge is 2.47. The van der Waals surface area contributed by atoms with E-state index in [9.17, 15) is 4.79 Å². The molecule has 3 aromatic heterocycles. The van der Waals surface area contributed by atoms with Gasteiger partial charge in [0.1, 0.15) is 5.82 Å².